The summed E-state index contributed by atoms with van der Waals surface area (Å²) in [6, 6.07) is 3.43. The molecule has 1 saturated heterocycles. The van der Waals surface area contributed by atoms with E-state index >= 15 is 0 Å². The molecular weight excluding hydrogens is 404 g/mol. The maximum Gasteiger partial charge on any atom is 0.397 e. The van der Waals surface area contributed by atoms with Gasteiger partial charge in [-0.1, -0.05) is 0 Å². The van der Waals surface area contributed by atoms with Crippen LogP contribution in [0.1, 0.15) is 6.92 Å². The zero-order valence-electron chi connectivity index (χ0n) is 14.4. The van der Waals surface area contributed by atoms with E-state index in [1.54, 1.807) is 0 Å². The zero-order chi connectivity index (χ0) is 21.1. The first-order valence-corrected chi connectivity index (χ1v) is 9.16. The van der Waals surface area contributed by atoms with Gasteiger partial charge in [-0.2, -0.15) is 8.42 Å². The van der Waals surface area contributed by atoms with Gasteiger partial charge in [-0.15, -0.1) is 0 Å². The lowest BCUT2D eigenvalue weighted by molar-refractivity contribution is -0.384. The van der Waals surface area contributed by atoms with Crippen molar-refractivity contribution in [3.63, 3.8) is 0 Å². The molecule has 4 N–H and O–H groups in total. The lowest BCUT2D eigenvalue weighted by atomic mass is 9.97. The number of amides is 1. The Hall–Kier alpha value is -2.36. The number of nitrogens with zero attached hydrogens (tertiary/aromatic N) is 1. The van der Waals surface area contributed by atoms with Crippen LogP contribution in [0.2, 0.25) is 0 Å². The van der Waals surface area contributed by atoms with Gasteiger partial charge in [0.2, 0.25) is 12.2 Å². The molecule has 0 radical (unpaired) electrons. The monoisotopic (exact) mass is 422 g/mol. The molecule has 0 unspecified atom stereocenters. The summed E-state index contributed by atoms with van der Waals surface area (Å²) < 4.78 is 46.1. The largest absolute Gasteiger partial charge is 0.463 e. The zero-order valence-corrected chi connectivity index (χ0v) is 15.2. The van der Waals surface area contributed by atoms with Crippen molar-refractivity contribution < 1.29 is 46.6 Å². The molecule has 1 aromatic carbocycles. The molecule has 28 heavy (non-hydrogen) atoms. The summed E-state index contributed by atoms with van der Waals surface area (Å²) in [6.07, 6.45) is -6.36. The summed E-state index contributed by atoms with van der Waals surface area (Å²) >= 11 is 0. The number of rotatable bonds is 7. The summed E-state index contributed by atoms with van der Waals surface area (Å²) in [6.45, 7) is 0.302. The van der Waals surface area contributed by atoms with E-state index in [2.05, 4.69) is 9.50 Å². The number of nitro groups is 1. The number of hydrogen-bond acceptors (Lipinski definition) is 10. The first kappa shape index (κ1) is 21.9. The quantitative estimate of drug-likeness (QED) is 0.233. The molecule has 1 amide bonds. The highest BCUT2D eigenvalue weighted by molar-refractivity contribution is 7.80. The minimum Gasteiger partial charge on any atom is -0.463 e. The van der Waals surface area contributed by atoms with Crippen LogP contribution < -0.4 is 10.1 Å². The van der Waals surface area contributed by atoms with Gasteiger partial charge < -0.3 is 25.0 Å². The molecule has 156 valence electrons. The SMILES string of the molecule is CC(=O)N[C@H]1[C@H](Oc2ccc([N+](=O)[O-])cc2)O[C@H](CO)[C@@H](OS(=O)(=O)O)[C@@H]1O. The van der Waals surface area contributed by atoms with Crippen LogP contribution in [-0.2, 0) is 24.1 Å². The number of non-ortho nitro benzene ring substituents is 1. The van der Waals surface area contributed by atoms with Crippen LogP contribution in [0.15, 0.2) is 24.3 Å². The Morgan fingerprint density at radius 1 is 1.36 bits per heavy atom. The van der Waals surface area contributed by atoms with E-state index in [9.17, 15) is 33.5 Å². The summed E-state index contributed by atoms with van der Waals surface area (Å²) in [5.74, 6) is -0.554. The number of ether oxygens (including phenoxy) is 2. The van der Waals surface area contributed by atoms with Gasteiger partial charge >= 0.3 is 10.4 Å². The number of carbonyl (C=O) groups is 1. The molecule has 13 nitrogen and oxygen atoms in total. The fourth-order valence-corrected chi connectivity index (χ4v) is 3.11. The fraction of sp³-hybridized carbons (Fsp3) is 0.500. The van der Waals surface area contributed by atoms with Crippen molar-refractivity contribution in [2.45, 2.75) is 37.6 Å². The molecule has 2 rings (SSSR count). The maximum absolute atomic E-state index is 11.5. The molecule has 0 aliphatic carbocycles. The van der Waals surface area contributed by atoms with E-state index in [4.69, 9.17) is 14.0 Å². The standard InChI is InChI=1S/C14H18N2O11S/c1-7(18)15-11-12(19)13(27-28(22,23)24)10(6-17)26-14(11)25-9-4-2-8(3-5-9)16(20)21/h2-5,10-14,17,19H,6H2,1H3,(H,15,18)(H,22,23,24)/t10-,11-,12-,13-,14-/m1/s1. The number of benzene rings is 1. The molecule has 1 fully saturated rings. The molecule has 1 aromatic rings. The molecule has 0 saturated carbocycles. The van der Waals surface area contributed by atoms with Gasteiger partial charge in [0, 0.05) is 19.1 Å². The summed E-state index contributed by atoms with van der Waals surface area (Å²) in [7, 11) is -5.01. The van der Waals surface area contributed by atoms with Crippen molar-refractivity contribution >= 4 is 22.0 Å². The Morgan fingerprint density at radius 2 is 1.96 bits per heavy atom. The van der Waals surface area contributed by atoms with Crippen LogP contribution in [0.5, 0.6) is 5.75 Å². The lowest BCUT2D eigenvalue weighted by Crippen LogP contribution is -2.66. The van der Waals surface area contributed by atoms with Gasteiger partial charge in [0.05, 0.1) is 11.5 Å². The van der Waals surface area contributed by atoms with Gasteiger partial charge in [0.25, 0.3) is 5.69 Å². The number of aliphatic hydroxyl groups excluding tert-OH is 2. The van der Waals surface area contributed by atoms with Gasteiger partial charge in [-0.3, -0.25) is 19.5 Å². The topological polar surface area (TPSA) is 195 Å². The van der Waals surface area contributed by atoms with Crippen LogP contribution in [0.4, 0.5) is 5.69 Å². The second-order valence-electron chi connectivity index (χ2n) is 5.80. The normalized spacial score (nSPS) is 27.8. The van der Waals surface area contributed by atoms with Gasteiger partial charge in [0.1, 0.15) is 30.1 Å². The Morgan fingerprint density at radius 3 is 2.43 bits per heavy atom. The van der Waals surface area contributed by atoms with Crippen molar-refractivity contribution in [3.8, 4) is 5.75 Å². The summed E-state index contributed by atoms with van der Waals surface area (Å²) in [4.78, 5) is 21.5. The highest BCUT2D eigenvalue weighted by Gasteiger charge is 2.49. The second-order valence-corrected chi connectivity index (χ2v) is 6.85. The number of aliphatic hydroxyl groups is 2. The Kier molecular flexibility index (Phi) is 6.87. The molecular formula is C14H18N2O11S. The molecule has 1 aliphatic heterocycles. The van der Waals surface area contributed by atoms with E-state index in [1.807, 2.05) is 0 Å². The summed E-state index contributed by atoms with van der Waals surface area (Å²) in [5, 5.41) is 32.9. The Balaban J connectivity index is 2.28. The first-order valence-electron chi connectivity index (χ1n) is 7.80. The first-order chi connectivity index (χ1) is 13.0. The van der Waals surface area contributed by atoms with Crippen LogP contribution in [0, 0.1) is 10.1 Å². The average molecular weight is 422 g/mol. The number of carbonyl (C=O) groups excluding carboxylic acids is 1. The highest BCUT2D eigenvalue weighted by atomic mass is 32.3. The molecule has 5 atom stereocenters. The van der Waals surface area contributed by atoms with E-state index in [-0.39, 0.29) is 11.4 Å². The van der Waals surface area contributed by atoms with Crippen molar-refractivity contribution in [1.29, 1.82) is 0 Å². The third-order valence-corrected chi connectivity index (χ3v) is 4.22. The van der Waals surface area contributed by atoms with Crippen LogP contribution in [-0.4, -0.2) is 71.3 Å². The summed E-state index contributed by atoms with van der Waals surface area (Å²) in [5.41, 5.74) is -0.204. The van der Waals surface area contributed by atoms with Crippen molar-refractivity contribution in [2.24, 2.45) is 0 Å². The highest BCUT2D eigenvalue weighted by Crippen LogP contribution is 2.28. The average Bonchev–Trinajstić information content (AvgIpc) is 2.59. The number of nitro benzene ring substituents is 1. The van der Waals surface area contributed by atoms with Crippen LogP contribution >= 0.6 is 0 Å². The number of hydrogen-bond donors (Lipinski definition) is 4. The predicted molar refractivity (Wildman–Crippen MR) is 89.5 cm³/mol. The van der Waals surface area contributed by atoms with Crippen molar-refractivity contribution in [1.82, 2.24) is 5.32 Å². The van der Waals surface area contributed by atoms with E-state index in [0.29, 0.717) is 0 Å². The lowest BCUT2D eigenvalue weighted by Gasteiger charge is -2.43. The second kappa shape index (κ2) is 8.76. The third-order valence-electron chi connectivity index (χ3n) is 3.76. The van der Waals surface area contributed by atoms with E-state index in [1.165, 1.54) is 12.1 Å². The van der Waals surface area contributed by atoms with Gasteiger partial charge in [-0.25, -0.2) is 4.18 Å². The molecule has 1 aliphatic rings. The fourth-order valence-electron chi connectivity index (χ4n) is 2.60. The van der Waals surface area contributed by atoms with Crippen LogP contribution in [0.25, 0.3) is 0 Å². The molecule has 0 bridgehead atoms. The van der Waals surface area contributed by atoms with Crippen molar-refractivity contribution in [2.75, 3.05) is 6.61 Å². The van der Waals surface area contributed by atoms with Crippen molar-refractivity contribution in [3.05, 3.63) is 34.4 Å². The minimum atomic E-state index is -5.01. The number of nitrogens with one attached hydrogen (secondary N) is 1. The molecule has 0 spiro atoms. The maximum atomic E-state index is 11.5. The van der Waals surface area contributed by atoms with E-state index in [0.717, 1.165) is 19.1 Å². The third kappa shape index (κ3) is 5.57. The molecule has 14 heteroatoms. The Labute approximate surface area is 158 Å². The van der Waals surface area contributed by atoms with Crippen LogP contribution in [0.3, 0.4) is 0 Å². The molecule has 0 aromatic heterocycles. The van der Waals surface area contributed by atoms with Gasteiger partial charge in [0.15, 0.2) is 0 Å². The molecule has 1 heterocycles. The van der Waals surface area contributed by atoms with Gasteiger partial charge in [-0.05, 0) is 12.1 Å². The van der Waals surface area contributed by atoms with E-state index < -0.39 is 58.5 Å². The smallest absolute Gasteiger partial charge is 0.397 e. The predicted octanol–water partition coefficient (Wildman–Crippen LogP) is -1.26. The minimum absolute atomic E-state index is 0.0731. The Bertz CT molecular complexity index is 813.